The van der Waals surface area contributed by atoms with Gasteiger partial charge >= 0.3 is 0 Å². The molecule has 4 rings (SSSR count). The van der Waals surface area contributed by atoms with Crippen LogP contribution in [0.1, 0.15) is 25.7 Å². The summed E-state index contributed by atoms with van der Waals surface area (Å²) in [6.45, 7) is 4.24. The summed E-state index contributed by atoms with van der Waals surface area (Å²) in [5, 5.41) is 8.56. The van der Waals surface area contributed by atoms with Crippen molar-refractivity contribution >= 4 is 16.8 Å². The van der Waals surface area contributed by atoms with E-state index in [-0.39, 0.29) is 18.0 Å². The number of aryl methyl sites for hydroxylation is 1. The minimum atomic E-state index is -0.185. The summed E-state index contributed by atoms with van der Waals surface area (Å²) >= 11 is 0. The van der Waals surface area contributed by atoms with Gasteiger partial charge < -0.3 is 4.90 Å². The highest BCUT2D eigenvalue weighted by Gasteiger charge is 2.31. The molecule has 7 heteroatoms. The molecule has 3 heterocycles. The molecule has 0 bridgehead atoms. The number of carbonyl (C=O) groups is 1. The first-order chi connectivity index (χ1) is 12.2. The molecular formula is C18H23N5O2. The van der Waals surface area contributed by atoms with Crippen molar-refractivity contribution in [3.05, 3.63) is 34.6 Å². The van der Waals surface area contributed by atoms with E-state index in [1.807, 2.05) is 17.0 Å². The number of fused-ring (bicyclic) bond motifs is 1. The Morgan fingerprint density at radius 2 is 1.96 bits per heavy atom. The standard InChI is InChI=1S/C18H23N5O2/c24-17(22-11-7-14(13-22)21-9-3-4-10-21)8-12-23-18(25)15-5-1-2-6-16(15)19-20-23/h1-2,5-6,14H,3-4,7-13H2/t14-/m0/s1. The fourth-order valence-corrected chi connectivity index (χ4v) is 3.90. The number of aromatic nitrogens is 3. The molecule has 0 unspecified atom stereocenters. The lowest BCUT2D eigenvalue weighted by Gasteiger charge is -2.23. The maximum Gasteiger partial charge on any atom is 0.277 e. The zero-order valence-electron chi connectivity index (χ0n) is 14.3. The minimum absolute atomic E-state index is 0.101. The molecular weight excluding hydrogens is 318 g/mol. The van der Waals surface area contributed by atoms with E-state index >= 15 is 0 Å². The van der Waals surface area contributed by atoms with Gasteiger partial charge in [0, 0.05) is 25.6 Å². The summed E-state index contributed by atoms with van der Waals surface area (Å²) in [4.78, 5) is 29.4. The van der Waals surface area contributed by atoms with Crippen molar-refractivity contribution in [2.24, 2.45) is 0 Å². The van der Waals surface area contributed by atoms with Crippen molar-refractivity contribution in [1.29, 1.82) is 0 Å². The maximum absolute atomic E-state index is 12.5. The first kappa shape index (κ1) is 16.2. The van der Waals surface area contributed by atoms with E-state index in [2.05, 4.69) is 15.2 Å². The van der Waals surface area contributed by atoms with E-state index in [4.69, 9.17) is 0 Å². The monoisotopic (exact) mass is 341 g/mol. The number of rotatable bonds is 4. The van der Waals surface area contributed by atoms with Crippen LogP contribution in [-0.4, -0.2) is 62.9 Å². The Morgan fingerprint density at radius 1 is 1.16 bits per heavy atom. The number of likely N-dealkylation sites (tertiary alicyclic amines) is 2. The Bertz CT molecular complexity index is 828. The van der Waals surface area contributed by atoms with Crippen molar-refractivity contribution in [3.63, 3.8) is 0 Å². The number of carbonyl (C=O) groups excluding carboxylic acids is 1. The quantitative estimate of drug-likeness (QED) is 0.825. The third kappa shape index (κ3) is 3.28. The zero-order valence-corrected chi connectivity index (χ0v) is 14.3. The molecule has 0 spiro atoms. The summed E-state index contributed by atoms with van der Waals surface area (Å²) in [6.07, 6.45) is 3.89. The van der Waals surface area contributed by atoms with Gasteiger partial charge in [-0.1, -0.05) is 17.3 Å². The average molecular weight is 341 g/mol. The van der Waals surface area contributed by atoms with Crippen molar-refractivity contribution in [2.75, 3.05) is 26.2 Å². The van der Waals surface area contributed by atoms with Crippen LogP contribution in [0.3, 0.4) is 0 Å². The molecule has 1 aromatic heterocycles. The molecule has 132 valence electrons. The van der Waals surface area contributed by atoms with Gasteiger partial charge in [-0.3, -0.25) is 14.5 Å². The summed E-state index contributed by atoms with van der Waals surface area (Å²) < 4.78 is 1.30. The van der Waals surface area contributed by atoms with Crippen molar-refractivity contribution in [2.45, 2.75) is 38.3 Å². The van der Waals surface area contributed by atoms with E-state index in [0.29, 0.717) is 23.4 Å². The van der Waals surface area contributed by atoms with Gasteiger partial charge in [0.2, 0.25) is 5.91 Å². The van der Waals surface area contributed by atoms with Crippen LogP contribution in [0.4, 0.5) is 0 Å². The minimum Gasteiger partial charge on any atom is -0.341 e. The molecule has 0 saturated carbocycles. The van der Waals surface area contributed by atoms with E-state index < -0.39 is 0 Å². The second-order valence-corrected chi connectivity index (χ2v) is 6.91. The van der Waals surface area contributed by atoms with Gasteiger partial charge in [-0.25, -0.2) is 4.68 Å². The molecule has 0 N–H and O–H groups in total. The van der Waals surface area contributed by atoms with Crippen LogP contribution in [0.5, 0.6) is 0 Å². The molecule has 2 aliphatic rings. The summed E-state index contributed by atoms with van der Waals surface area (Å²) in [6, 6.07) is 7.65. The van der Waals surface area contributed by atoms with Gasteiger partial charge in [0.15, 0.2) is 0 Å². The molecule has 1 atom stereocenters. The highest BCUT2D eigenvalue weighted by atomic mass is 16.2. The number of amides is 1. The van der Waals surface area contributed by atoms with Gasteiger partial charge in [0.1, 0.15) is 5.52 Å². The predicted octanol–water partition coefficient (Wildman–Crippen LogP) is 0.878. The molecule has 2 aromatic rings. The first-order valence-electron chi connectivity index (χ1n) is 9.07. The van der Waals surface area contributed by atoms with Gasteiger partial charge in [-0.2, -0.15) is 0 Å². The molecule has 0 aliphatic carbocycles. The Labute approximate surface area is 146 Å². The Balaban J connectivity index is 1.37. The van der Waals surface area contributed by atoms with E-state index in [1.165, 1.54) is 17.5 Å². The lowest BCUT2D eigenvalue weighted by molar-refractivity contribution is -0.130. The zero-order chi connectivity index (χ0) is 17.2. The normalized spacial score (nSPS) is 21.3. The van der Waals surface area contributed by atoms with Crippen LogP contribution in [0.25, 0.3) is 10.9 Å². The SMILES string of the molecule is O=C(CCn1nnc2ccccc2c1=O)N1CC[C@H](N2CCCC2)C1. The Hall–Kier alpha value is -2.28. The van der Waals surface area contributed by atoms with Crippen molar-refractivity contribution in [3.8, 4) is 0 Å². The number of benzene rings is 1. The molecule has 1 amide bonds. The number of hydrogen-bond acceptors (Lipinski definition) is 5. The Kier molecular flexibility index (Phi) is 4.48. The van der Waals surface area contributed by atoms with Crippen LogP contribution in [0.2, 0.25) is 0 Å². The first-order valence-corrected chi connectivity index (χ1v) is 9.07. The van der Waals surface area contributed by atoms with Crippen LogP contribution in [0, 0.1) is 0 Å². The fraction of sp³-hybridized carbons (Fsp3) is 0.556. The van der Waals surface area contributed by atoms with Crippen LogP contribution < -0.4 is 5.56 Å². The summed E-state index contributed by atoms with van der Waals surface area (Å²) in [7, 11) is 0. The highest BCUT2D eigenvalue weighted by Crippen LogP contribution is 2.20. The smallest absolute Gasteiger partial charge is 0.277 e. The molecule has 0 radical (unpaired) electrons. The summed E-state index contributed by atoms with van der Waals surface area (Å²) in [5.41, 5.74) is 0.401. The molecule has 7 nitrogen and oxygen atoms in total. The lowest BCUT2D eigenvalue weighted by Crippen LogP contribution is -2.37. The van der Waals surface area contributed by atoms with Crippen LogP contribution >= 0.6 is 0 Å². The van der Waals surface area contributed by atoms with Crippen molar-refractivity contribution < 1.29 is 4.79 Å². The lowest BCUT2D eigenvalue weighted by atomic mass is 10.2. The number of hydrogen-bond donors (Lipinski definition) is 0. The predicted molar refractivity (Wildman–Crippen MR) is 94.2 cm³/mol. The van der Waals surface area contributed by atoms with Gasteiger partial charge in [0.25, 0.3) is 5.56 Å². The second-order valence-electron chi connectivity index (χ2n) is 6.91. The van der Waals surface area contributed by atoms with Gasteiger partial charge in [-0.15, -0.1) is 5.10 Å². The maximum atomic E-state index is 12.5. The molecule has 2 aliphatic heterocycles. The second kappa shape index (κ2) is 6.92. The van der Waals surface area contributed by atoms with Crippen molar-refractivity contribution in [1.82, 2.24) is 24.8 Å². The average Bonchev–Trinajstić information content (AvgIpc) is 3.32. The van der Waals surface area contributed by atoms with Gasteiger partial charge in [-0.05, 0) is 44.5 Å². The van der Waals surface area contributed by atoms with Crippen LogP contribution in [-0.2, 0) is 11.3 Å². The fourth-order valence-electron chi connectivity index (χ4n) is 3.90. The molecule has 1 aromatic carbocycles. The Morgan fingerprint density at radius 3 is 2.80 bits per heavy atom. The topological polar surface area (TPSA) is 71.3 Å². The van der Waals surface area contributed by atoms with Gasteiger partial charge in [0.05, 0.1) is 11.9 Å². The molecule has 25 heavy (non-hydrogen) atoms. The molecule has 2 fully saturated rings. The van der Waals surface area contributed by atoms with E-state index in [1.54, 1.807) is 12.1 Å². The third-order valence-corrected chi connectivity index (χ3v) is 5.34. The van der Waals surface area contributed by atoms with E-state index in [0.717, 1.165) is 32.6 Å². The highest BCUT2D eigenvalue weighted by molar-refractivity contribution is 5.77. The van der Waals surface area contributed by atoms with E-state index in [9.17, 15) is 9.59 Å². The number of nitrogens with zero attached hydrogens (tertiary/aromatic N) is 5. The summed E-state index contributed by atoms with van der Waals surface area (Å²) in [5.74, 6) is 0.101. The largest absolute Gasteiger partial charge is 0.341 e. The van der Waals surface area contributed by atoms with Crippen LogP contribution in [0.15, 0.2) is 29.1 Å². The third-order valence-electron chi connectivity index (χ3n) is 5.34. The molecule has 2 saturated heterocycles.